The number of phenols is 1. The van der Waals surface area contributed by atoms with Crippen molar-refractivity contribution in [2.45, 2.75) is 39.7 Å². The highest BCUT2D eigenvalue weighted by Gasteiger charge is 2.42. The first-order chi connectivity index (χ1) is 16.1. The first-order valence-corrected chi connectivity index (χ1v) is 10.9. The average molecular weight is 459 g/mol. The van der Waals surface area contributed by atoms with E-state index >= 15 is 0 Å². The molecule has 4 rings (SSSR count). The van der Waals surface area contributed by atoms with E-state index in [4.69, 9.17) is 0 Å². The fourth-order valence-electron chi connectivity index (χ4n) is 4.10. The van der Waals surface area contributed by atoms with E-state index in [-0.39, 0.29) is 28.6 Å². The van der Waals surface area contributed by atoms with Crippen LogP contribution in [0, 0.1) is 0 Å². The van der Waals surface area contributed by atoms with Crippen LogP contribution in [0.5, 0.6) is 5.75 Å². The molecule has 2 aliphatic rings. The van der Waals surface area contributed by atoms with E-state index < -0.39 is 11.5 Å². The largest absolute Gasteiger partial charge is 0.505 e. The second-order valence-corrected chi connectivity index (χ2v) is 8.79. The monoisotopic (exact) mass is 458 g/mol. The van der Waals surface area contributed by atoms with E-state index in [0.29, 0.717) is 23.3 Å². The molecule has 1 unspecified atom stereocenters. The maximum absolute atomic E-state index is 13.2. The number of carboxylic acids is 1. The van der Waals surface area contributed by atoms with E-state index in [0.717, 1.165) is 0 Å². The molecule has 1 amide bonds. The van der Waals surface area contributed by atoms with Gasteiger partial charge in [-0.15, -0.1) is 0 Å². The van der Waals surface area contributed by atoms with Gasteiger partial charge in [-0.2, -0.15) is 10.2 Å². The number of carboxylic acid groups (broad SMARTS) is 1. The minimum Gasteiger partial charge on any atom is -0.505 e. The van der Waals surface area contributed by atoms with Gasteiger partial charge in [-0.05, 0) is 57.9 Å². The van der Waals surface area contributed by atoms with E-state index in [1.165, 1.54) is 28.3 Å². The predicted molar refractivity (Wildman–Crippen MR) is 132 cm³/mol. The molecule has 1 atom stereocenters. The first-order valence-electron chi connectivity index (χ1n) is 10.9. The zero-order valence-corrected chi connectivity index (χ0v) is 19.5. The summed E-state index contributed by atoms with van der Waals surface area (Å²) >= 11 is 0. The van der Waals surface area contributed by atoms with Gasteiger partial charge in [0.1, 0.15) is 5.75 Å². The normalized spacial score (nSPS) is 21.3. The van der Waals surface area contributed by atoms with Gasteiger partial charge in [-0.3, -0.25) is 10.2 Å². The summed E-state index contributed by atoms with van der Waals surface area (Å²) in [6, 6.07) is 11.3. The Labute approximate surface area is 197 Å². The van der Waals surface area contributed by atoms with E-state index in [9.17, 15) is 19.8 Å². The van der Waals surface area contributed by atoms with Crippen LogP contribution in [-0.4, -0.2) is 44.1 Å². The molecule has 1 aliphatic carbocycles. The highest BCUT2D eigenvalue weighted by molar-refractivity contribution is 6.68. The van der Waals surface area contributed by atoms with Crippen LogP contribution in [0.1, 0.15) is 44.5 Å². The van der Waals surface area contributed by atoms with Gasteiger partial charge in [0.05, 0.1) is 22.5 Å². The summed E-state index contributed by atoms with van der Waals surface area (Å²) in [5.74, 6) is -1.48. The number of hydrazone groups is 2. The summed E-state index contributed by atoms with van der Waals surface area (Å²) in [6.45, 7) is 7.77. The van der Waals surface area contributed by atoms with Gasteiger partial charge in [0.15, 0.2) is 5.71 Å². The number of benzene rings is 2. The molecule has 0 bridgehead atoms. The Morgan fingerprint density at radius 1 is 1.18 bits per heavy atom. The second-order valence-electron chi connectivity index (χ2n) is 8.79. The smallest absolute Gasteiger partial charge is 0.335 e. The summed E-state index contributed by atoms with van der Waals surface area (Å²) in [6.07, 6.45) is 4.67. The molecule has 0 aromatic heterocycles. The molecule has 0 saturated carbocycles. The number of aromatic hydroxyl groups is 1. The Morgan fingerprint density at radius 2 is 1.91 bits per heavy atom. The van der Waals surface area contributed by atoms with Crippen LogP contribution in [0.25, 0.3) is 11.1 Å². The van der Waals surface area contributed by atoms with Crippen molar-refractivity contribution in [2.24, 2.45) is 10.2 Å². The Balaban J connectivity index is 1.59. The fourth-order valence-corrected chi connectivity index (χ4v) is 4.10. The summed E-state index contributed by atoms with van der Waals surface area (Å²) in [7, 11) is 0. The lowest BCUT2D eigenvalue weighted by Crippen LogP contribution is -2.46. The zero-order chi connectivity index (χ0) is 24.6. The average Bonchev–Trinajstić information content (AvgIpc) is 3.10. The number of carbonyl (C=O) groups excluding carboxylic acids is 1. The Morgan fingerprint density at radius 3 is 2.62 bits per heavy atom. The molecule has 8 nitrogen and oxygen atoms in total. The standard InChI is InChI=1S/C26H26N4O4/c1-15-11-12-26(4,14-16(15)2)30-24(32)22(17(3)29-30)28-27-21-10-6-9-20(23(21)31)18-7-5-8-19(13-18)25(33)34/h5-13,27,31H,14H2,1-4H3,(H,33,34)/b28-22-. The number of anilines is 1. The molecular formula is C26H26N4O4. The van der Waals surface area contributed by atoms with Crippen LogP contribution in [0.15, 0.2) is 76.0 Å². The molecule has 0 saturated heterocycles. The van der Waals surface area contributed by atoms with Crippen molar-refractivity contribution in [1.82, 2.24) is 5.01 Å². The molecule has 8 heteroatoms. The molecule has 1 heterocycles. The number of carbonyl (C=O) groups is 2. The van der Waals surface area contributed by atoms with Crippen molar-refractivity contribution < 1.29 is 19.8 Å². The quantitative estimate of drug-likeness (QED) is 0.440. The van der Waals surface area contributed by atoms with Gasteiger partial charge in [0, 0.05) is 5.56 Å². The van der Waals surface area contributed by atoms with Crippen LogP contribution in [0.4, 0.5) is 5.69 Å². The van der Waals surface area contributed by atoms with Crippen LogP contribution in [-0.2, 0) is 4.79 Å². The molecule has 2 aromatic rings. The molecule has 3 N–H and O–H groups in total. The Kier molecular flexibility index (Phi) is 5.83. The van der Waals surface area contributed by atoms with Gasteiger partial charge in [-0.25, -0.2) is 9.80 Å². The van der Waals surface area contributed by atoms with E-state index in [1.54, 1.807) is 37.3 Å². The van der Waals surface area contributed by atoms with Gasteiger partial charge < -0.3 is 10.2 Å². The predicted octanol–water partition coefficient (Wildman–Crippen LogP) is 4.80. The van der Waals surface area contributed by atoms with Gasteiger partial charge in [0.2, 0.25) is 0 Å². The van der Waals surface area contributed by atoms with E-state index in [1.807, 2.05) is 32.9 Å². The molecular weight excluding hydrogens is 432 g/mol. The summed E-state index contributed by atoms with van der Waals surface area (Å²) < 4.78 is 0. The Bertz CT molecular complexity index is 1320. The number of hydrogen-bond acceptors (Lipinski definition) is 6. The molecule has 174 valence electrons. The topological polar surface area (TPSA) is 115 Å². The molecule has 34 heavy (non-hydrogen) atoms. The molecule has 0 fully saturated rings. The molecule has 1 aliphatic heterocycles. The van der Waals surface area contributed by atoms with Crippen molar-refractivity contribution in [1.29, 1.82) is 0 Å². The minimum absolute atomic E-state index is 0.107. The molecule has 0 spiro atoms. The number of aromatic carboxylic acids is 1. The summed E-state index contributed by atoms with van der Waals surface area (Å²) in [4.78, 5) is 24.5. The summed E-state index contributed by atoms with van der Waals surface area (Å²) in [5, 5.41) is 30.3. The first kappa shape index (κ1) is 23.0. The van der Waals surface area contributed by atoms with Crippen molar-refractivity contribution in [3.8, 4) is 16.9 Å². The number of amides is 1. The van der Waals surface area contributed by atoms with Gasteiger partial charge >= 0.3 is 5.97 Å². The van der Waals surface area contributed by atoms with E-state index in [2.05, 4.69) is 15.6 Å². The van der Waals surface area contributed by atoms with Crippen molar-refractivity contribution >= 4 is 29.0 Å². The van der Waals surface area contributed by atoms with Crippen LogP contribution in [0.3, 0.4) is 0 Å². The van der Waals surface area contributed by atoms with Crippen LogP contribution < -0.4 is 5.43 Å². The lowest BCUT2D eigenvalue weighted by Gasteiger charge is -2.36. The zero-order valence-electron chi connectivity index (χ0n) is 19.5. The number of nitrogens with one attached hydrogen (secondary N) is 1. The maximum atomic E-state index is 13.2. The number of allylic oxidation sites excluding steroid dienone is 2. The van der Waals surface area contributed by atoms with Crippen molar-refractivity contribution in [3.63, 3.8) is 0 Å². The lowest BCUT2D eigenvalue weighted by molar-refractivity contribution is -0.127. The minimum atomic E-state index is -1.05. The SMILES string of the molecule is CC1=NN(C2(C)C=CC(C)=C(C)C2)C(=O)/C1=N\Nc1cccc(-c2cccc(C(=O)O)c2)c1O. The van der Waals surface area contributed by atoms with Gasteiger partial charge in [-0.1, -0.05) is 47.6 Å². The highest BCUT2D eigenvalue weighted by atomic mass is 16.4. The second kappa shape index (κ2) is 8.62. The summed E-state index contributed by atoms with van der Waals surface area (Å²) in [5.41, 5.74) is 6.59. The van der Waals surface area contributed by atoms with Crippen LogP contribution >= 0.6 is 0 Å². The highest BCUT2D eigenvalue weighted by Crippen LogP contribution is 2.36. The number of rotatable bonds is 5. The fraction of sp³-hybridized carbons (Fsp3) is 0.231. The number of phenolic OH excluding ortho intramolecular Hbond substituents is 1. The third-order valence-electron chi connectivity index (χ3n) is 6.20. The maximum Gasteiger partial charge on any atom is 0.335 e. The third-order valence-corrected chi connectivity index (χ3v) is 6.20. The van der Waals surface area contributed by atoms with Crippen LogP contribution in [0.2, 0.25) is 0 Å². The number of para-hydroxylation sites is 1. The molecule has 2 aromatic carbocycles. The van der Waals surface area contributed by atoms with Crippen molar-refractivity contribution in [3.05, 3.63) is 71.3 Å². The van der Waals surface area contributed by atoms with Gasteiger partial charge in [0.25, 0.3) is 5.91 Å². The lowest BCUT2D eigenvalue weighted by atomic mass is 9.85. The number of hydrogen-bond donors (Lipinski definition) is 3. The van der Waals surface area contributed by atoms with Crippen molar-refractivity contribution in [2.75, 3.05) is 5.43 Å². The molecule has 0 radical (unpaired) electrons. The Hall–Kier alpha value is -4.20. The third kappa shape index (κ3) is 4.10. The number of nitrogens with zero attached hydrogens (tertiary/aromatic N) is 3.